The molecule has 0 unspecified atom stereocenters. The van der Waals surface area contributed by atoms with E-state index in [1.807, 2.05) is 45.0 Å². The number of nitrogens with zero attached hydrogens (tertiary/aromatic N) is 5. The fraction of sp³-hybridized carbons (Fsp3) is 0.444. The van der Waals surface area contributed by atoms with Crippen LogP contribution in [0.25, 0.3) is 11.4 Å². The third-order valence-electron chi connectivity index (χ3n) is 6.26. The molecule has 1 aliphatic heterocycles. The summed E-state index contributed by atoms with van der Waals surface area (Å²) in [6.45, 7) is 6.60. The Hall–Kier alpha value is -3.66. The van der Waals surface area contributed by atoms with Gasteiger partial charge in [0.25, 0.3) is 5.91 Å². The molecule has 1 fully saturated rings. The van der Waals surface area contributed by atoms with Crippen molar-refractivity contribution >= 4 is 17.5 Å². The van der Waals surface area contributed by atoms with Gasteiger partial charge in [-0.2, -0.15) is 4.80 Å². The summed E-state index contributed by atoms with van der Waals surface area (Å²) in [6, 6.07) is 12.7. The highest BCUT2D eigenvalue weighted by molar-refractivity contribution is 6.00. The summed E-state index contributed by atoms with van der Waals surface area (Å²) in [5, 5.41) is 15.3. The van der Waals surface area contributed by atoms with Crippen molar-refractivity contribution in [3.8, 4) is 11.4 Å². The summed E-state index contributed by atoms with van der Waals surface area (Å²) in [4.78, 5) is 29.5. The number of carbonyl (C=O) groups excluding carboxylic acids is 2. The molecule has 1 aliphatic rings. The van der Waals surface area contributed by atoms with E-state index in [1.165, 1.54) is 21.8 Å². The molecular weight excluding hydrogens is 475 g/mol. The van der Waals surface area contributed by atoms with Crippen molar-refractivity contribution in [2.45, 2.75) is 58.7 Å². The van der Waals surface area contributed by atoms with E-state index in [0.717, 1.165) is 24.0 Å². The van der Waals surface area contributed by atoms with Gasteiger partial charge < -0.3 is 10.1 Å². The minimum Gasteiger partial charge on any atom is -0.376 e. The Morgan fingerprint density at radius 2 is 1.95 bits per heavy atom. The second-order valence-corrected chi connectivity index (χ2v) is 9.75. The first-order valence-electron chi connectivity index (χ1n) is 12.6. The Bertz CT molecular complexity index is 1210. The number of ether oxygens (including phenoxy) is 1. The zero-order valence-corrected chi connectivity index (χ0v) is 21.4. The van der Waals surface area contributed by atoms with Crippen molar-refractivity contribution in [2.75, 3.05) is 18.1 Å². The van der Waals surface area contributed by atoms with Gasteiger partial charge in [-0.15, -0.1) is 10.2 Å². The first kappa shape index (κ1) is 26.4. The topological polar surface area (TPSA) is 102 Å². The van der Waals surface area contributed by atoms with E-state index in [9.17, 15) is 14.0 Å². The van der Waals surface area contributed by atoms with Gasteiger partial charge in [0, 0.05) is 18.7 Å². The molecule has 2 amide bonds. The second-order valence-electron chi connectivity index (χ2n) is 9.75. The third kappa shape index (κ3) is 6.76. The normalized spacial score (nSPS) is 16.1. The van der Waals surface area contributed by atoms with Crippen LogP contribution >= 0.6 is 0 Å². The molecule has 2 aromatic carbocycles. The molecule has 2 heterocycles. The van der Waals surface area contributed by atoms with Gasteiger partial charge in [-0.05, 0) is 49.5 Å². The van der Waals surface area contributed by atoms with Crippen LogP contribution in [0.15, 0.2) is 48.5 Å². The van der Waals surface area contributed by atoms with Crippen LogP contribution in [0.1, 0.15) is 38.7 Å². The largest absolute Gasteiger partial charge is 0.376 e. The quantitative estimate of drug-likeness (QED) is 0.450. The minimum atomic E-state index is -0.925. The van der Waals surface area contributed by atoms with Crippen LogP contribution < -0.4 is 10.2 Å². The Balaban J connectivity index is 1.59. The lowest BCUT2D eigenvalue weighted by Crippen LogP contribution is -2.52. The van der Waals surface area contributed by atoms with Crippen LogP contribution in [-0.2, 0) is 20.9 Å². The van der Waals surface area contributed by atoms with E-state index in [1.54, 1.807) is 12.1 Å². The molecule has 1 N–H and O–H groups in total. The molecule has 1 saturated heterocycles. The number of benzene rings is 2. The van der Waals surface area contributed by atoms with Gasteiger partial charge in [0.2, 0.25) is 11.7 Å². The Labute approximate surface area is 216 Å². The maximum Gasteiger partial charge on any atom is 0.251 e. The monoisotopic (exact) mass is 508 g/mol. The van der Waals surface area contributed by atoms with Crippen molar-refractivity contribution in [1.29, 1.82) is 0 Å². The van der Waals surface area contributed by atoms with E-state index in [2.05, 4.69) is 20.7 Å². The number of hydrogen-bond donors (Lipinski definition) is 1. The van der Waals surface area contributed by atoms with Gasteiger partial charge in [0.15, 0.2) is 0 Å². The average molecular weight is 509 g/mol. The van der Waals surface area contributed by atoms with Gasteiger partial charge in [0.1, 0.15) is 18.4 Å². The molecule has 2 atom stereocenters. The van der Waals surface area contributed by atoms with E-state index in [0.29, 0.717) is 25.4 Å². The molecule has 3 aromatic rings. The van der Waals surface area contributed by atoms with E-state index >= 15 is 0 Å². The predicted molar refractivity (Wildman–Crippen MR) is 137 cm³/mol. The summed E-state index contributed by atoms with van der Waals surface area (Å²) in [7, 11) is 0. The Morgan fingerprint density at radius 1 is 1.19 bits per heavy atom. The number of para-hydroxylation sites is 1. The molecule has 1 aromatic heterocycles. The van der Waals surface area contributed by atoms with Gasteiger partial charge in [-0.1, -0.05) is 55.8 Å². The third-order valence-corrected chi connectivity index (χ3v) is 6.26. The van der Waals surface area contributed by atoms with Crippen LogP contribution in [0, 0.1) is 18.7 Å². The van der Waals surface area contributed by atoms with Crippen LogP contribution in [0.2, 0.25) is 0 Å². The highest BCUT2D eigenvalue weighted by Crippen LogP contribution is 2.25. The number of hydrogen-bond acceptors (Lipinski definition) is 6. The number of aryl methyl sites for hydroxylation is 1. The maximum atomic E-state index is 15.0. The number of aromatic nitrogens is 4. The molecule has 9 nitrogen and oxygen atoms in total. The van der Waals surface area contributed by atoms with Crippen molar-refractivity contribution in [3.05, 3.63) is 59.9 Å². The van der Waals surface area contributed by atoms with Gasteiger partial charge >= 0.3 is 0 Å². The lowest BCUT2D eigenvalue weighted by Gasteiger charge is -2.32. The van der Waals surface area contributed by atoms with Crippen molar-refractivity contribution in [1.82, 2.24) is 25.5 Å². The first-order chi connectivity index (χ1) is 17.8. The zero-order chi connectivity index (χ0) is 26.4. The predicted octanol–water partition coefficient (Wildman–Crippen LogP) is 3.53. The number of rotatable bonds is 10. The van der Waals surface area contributed by atoms with Gasteiger partial charge in [-0.3, -0.25) is 14.5 Å². The van der Waals surface area contributed by atoms with Crippen molar-refractivity contribution in [2.24, 2.45) is 5.92 Å². The molecule has 0 spiro atoms. The summed E-state index contributed by atoms with van der Waals surface area (Å²) < 4.78 is 20.6. The molecule has 37 heavy (non-hydrogen) atoms. The summed E-state index contributed by atoms with van der Waals surface area (Å²) in [5.74, 6) is -1.02. The number of nitrogens with one attached hydrogen (secondary N) is 1. The molecule has 0 bridgehead atoms. The molecule has 0 aliphatic carbocycles. The van der Waals surface area contributed by atoms with E-state index < -0.39 is 17.8 Å². The van der Waals surface area contributed by atoms with Crippen molar-refractivity contribution < 1.29 is 18.7 Å². The summed E-state index contributed by atoms with van der Waals surface area (Å²) >= 11 is 0. The second kappa shape index (κ2) is 12.1. The number of tetrazole rings is 1. The standard InChI is InChI=1S/C27H33FN6O3/c1-18(2)15-24(27(36)29-16-21-7-6-14-37-21)34(23-9-5-4-8-22(23)28)25(35)17-33-31-26(30-32-33)20-12-10-19(3)11-13-20/h4-5,8-13,18,21,24H,6-7,14-17H2,1-3H3,(H,29,36)/t21-,24-/m0/s1. The zero-order valence-electron chi connectivity index (χ0n) is 21.4. The Kier molecular flexibility index (Phi) is 8.60. The van der Waals surface area contributed by atoms with Crippen LogP contribution in [0.3, 0.4) is 0 Å². The van der Waals surface area contributed by atoms with Gasteiger partial charge in [-0.25, -0.2) is 4.39 Å². The van der Waals surface area contributed by atoms with E-state index in [4.69, 9.17) is 4.74 Å². The minimum absolute atomic E-state index is 0.0317. The van der Waals surface area contributed by atoms with Crippen LogP contribution in [-0.4, -0.2) is 57.3 Å². The average Bonchev–Trinajstić information content (AvgIpc) is 3.56. The highest BCUT2D eigenvalue weighted by Gasteiger charge is 2.34. The summed E-state index contributed by atoms with van der Waals surface area (Å²) in [5.41, 5.74) is 1.89. The molecule has 4 rings (SSSR count). The first-order valence-corrected chi connectivity index (χ1v) is 12.6. The van der Waals surface area contributed by atoms with Gasteiger partial charge in [0.05, 0.1) is 11.8 Å². The number of anilines is 1. The molecule has 0 saturated carbocycles. The fourth-order valence-corrected chi connectivity index (χ4v) is 4.36. The molecular formula is C27H33FN6O3. The maximum absolute atomic E-state index is 15.0. The lowest BCUT2D eigenvalue weighted by molar-refractivity contribution is -0.127. The van der Waals surface area contributed by atoms with Crippen molar-refractivity contribution in [3.63, 3.8) is 0 Å². The SMILES string of the molecule is Cc1ccc(-c2nnn(CC(=O)N(c3ccccc3F)[C@@H](CC(C)C)C(=O)NC[C@@H]3CCCO3)n2)cc1. The number of amides is 2. The Morgan fingerprint density at radius 3 is 2.62 bits per heavy atom. The number of carbonyl (C=O) groups is 2. The molecule has 10 heteroatoms. The van der Waals surface area contributed by atoms with Crippen LogP contribution in [0.5, 0.6) is 0 Å². The van der Waals surface area contributed by atoms with E-state index in [-0.39, 0.29) is 30.2 Å². The smallest absolute Gasteiger partial charge is 0.251 e. The molecule has 0 radical (unpaired) electrons. The lowest BCUT2D eigenvalue weighted by atomic mass is 10.00. The summed E-state index contributed by atoms with van der Waals surface area (Å²) in [6.07, 6.45) is 2.11. The van der Waals surface area contributed by atoms with Crippen LogP contribution in [0.4, 0.5) is 10.1 Å². The fourth-order valence-electron chi connectivity index (χ4n) is 4.36. The molecule has 196 valence electrons. The number of halogens is 1. The highest BCUT2D eigenvalue weighted by atomic mass is 19.1.